The summed E-state index contributed by atoms with van der Waals surface area (Å²) in [6.45, 7) is 4.52. The molecule has 0 fully saturated rings. The lowest BCUT2D eigenvalue weighted by Gasteiger charge is -2.11. The standard InChI is InChI=1S/C33H48N2O5/c1-4-6-7-8-9-10-11-12-13-14-15-16-17-18-32(36)35-34-26-27-19-24-30(31(25-27)39-5-2)40-33(37)28-20-22-29(38-3)23-21-28/h19-26H,4-18H2,1-3H3,(H,35,36). The predicted octanol–water partition coefficient (Wildman–Crippen LogP) is 8.24. The van der Waals surface area contributed by atoms with Crippen LogP contribution in [-0.4, -0.2) is 31.8 Å². The summed E-state index contributed by atoms with van der Waals surface area (Å²) >= 11 is 0. The van der Waals surface area contributed by atoms with Gasteiger partial charge in [0, 0.05) is 6.42 Å². The van der Waals surface area contributed by atoms with Crippen LogP contribution >= 0.6 is 0 Å². The molecule has 2 aromatic carbocycles. The quantitative estimate of drug-likeness (QED) is 0.0554. The lowest BCUT2D eigenvalue weighted by molar-refractivity contribution is -0.121. The van der Waals surface area contributed by atoms with E-state index < -0.39 is 5.97 Å². The van der Waals surface area contributed by atoms with Crippen LogP contribution in [0, 0.1) is 0 Å². The van der Waals surface area contributed by atoms with Crippen molar-refractivity contribution in [2.45, 2.75) is 104 Å². The number of hydrogen-bond acceptors (Lipinski definition) is 6. The Morgan fingerprint density at radius 1 is 0.775 bits per heavy atom. The molecule has 220 valence electrons. The normalized spacial score (nSPS) is 11.0. The highest BCUT2D eigenvalue weighted by Crippen LogP contribution is 2.29. The summed E-state index contributed by atoms with van der Waals surface area (Å²) in [6, 6.07) is 11.8. The second-order valence-corrected chi connectivity index (χ2v) is 10.0. The molecule has 2 aromatic rings. The third kappa shape index (κ3) is 13.6. The topological polar surface area (TPSA) is 86.2 Å². The number of ether oxygens (including phenoxy) is 3. The second-order valence-electron chi connectivity index (χ2n) is 10.0. The van der Waals surface area contributed by atoms with Gasteiger partial charge >= 0.3 is 5.97 Å². The van der Waals surface area contributed by atoms with Gasteiger partial charge in [-0.1, -0.05) is 84.0 Å². The molecule has 0 aromatic heterocycles. The van der Waals surface area contributed by atoms with Crippen molar-refractivity contribution in [3.63, 3.8) is 0 Å². The summed E-state index contributed by atoms with van der Waals surface area (Å²) in [4.78, 5) is 24.7. The zero-order chi connectivity index (χ0) is 28.8. The molecule has 0 atom stereocenters. The molecule has 0 bridgehead atoms. The summed E-state index contributed by atoms with van der Waals surface area (Å²) in [5.74, 6) is 0.810. The van der Waals surface area contributed by atoms with Crippen molar-refractivity contribution in [3.05, 3.63) is 53.6 Å². The highest BCUT2D eigenvalue weighted by molar-refractivity contribution is 5.91. The zero-order valence-electron chi connectivity index (χ0n) is 24.7. The third-order valence-electron chi connectivity index (χ3n) is 6.71. The number of nitrogens with zero attached hydrogens (tertiary/aromatic N) is 1. The van der Waals surface area contributed by atoms with Gasteiger partial charge in [-0.15, -0.1) is 0 Å². The Bertz CT molecular complexity index is 1020. The van der Waals surface area contributed by atoms with Crippen molar-refractivity contribution in [1.29, 1.82) is 0 Å². The van der Waals surface area contributed by atoms with Crippen LogP contribution in [0.4, 0.5) is 0 Å². The first-order chi connectivity index (χ1) is 19.6. The fraction of sp³-hybridized carbons (Fsp3) is 0.545. The van der Waals surface area contributed by atoms with Crippen LogP contribution in [0.1, 0.15) is 120 Å². The van der Waals surface area contributed by atoms with E-state index in [0.29, 0.717) is 41.4 Å². The zero-order valence-corrected chi connectivity index (χ0v) is 24.7. The molecule has 7 heteroatoms. The monoisotopic (exact) mass is 552 g/mol. The largest absolute Gasteiger partial charge is 0.497 e. The number of hydrogen-bond donors (Lipinski definition) is 1. The van der Waals surface area contributed by atoms with E-state index in [4.69, 9.17) is 14.2 Å². The van der Waals surface area contributed by atoms with E-state index in [2.05, 4.69) is 17.5 Å². The molecule has 0 aliphatic heterocycles. The SMILES string of the molecule is CCCCCCCCCCCCCCCC(=O)NN=Cc1ccc(OC(=O)c2ccc(OC)cc2)c(OCC)c1. The van der Waals surface area contributed by atoms with E-state index in [9.17, 15) is 9.59 Å². The minimum atomic E-state index is -0.495. The number of rotatable bonds is 21. The van der Waals surface area contributed by atoms with E-state index in [1.807, 2.05) is 6.92 Å². The molecule has 0 unspecified atom stereocenters. The molecule has 1 amide bonds. The summed E-state index contributed by atoms with van der Waals surface area (Å²) < 4.78 is 16.3. The van der Waals surface area contributed by atoms with Crippen molar-refractivity contribution in [2.75, 3.05) is 13.7 Å². The molecule has 1 N–H and O–H groups in total. The Morgan fingerprint density at radius 2 is 1.38 bits per heavy atom. The van der Waals surface area contributed by atoms with Crippen molar-refractivity contribution in [2.24, 2.45) is 5.10 Å². The first kappa shape index (κ1) is 32.9. The number of carbonyl (C=O) groups is 2. The molecule has 2 rings (SSSR count). The van der Waals surface area contributed by atoms with E-state index in [1.165, 1.54) is 70.6 Å². The third-order valence-corrected chi connectivity index (χ3v) is 6.71. The average Bonchev–Trinajstić information content (AvgIpc) is 2.97. The molecular formula is C33H48N2O5. The van der Waals surface area contributed by atoms with Crippen molar-refractivity contribution in [3.8, 4) is 17.2 Å². The van der Waals surface area contributed by atoms with Crippen LogP contribution < -0.4 is 19.6 Å². The Kier molecular flexibility index (Phi) is 16.9. The van der Waals surface area contributed by atoms with Gasteiger partial charge in [0.2, 0.25) is 5.91 Å². The molecule has 0 aliphatic rings. The molecule has 0 radical (unpaired) electrons. The van der Waals surface area contributed by atoms with Gasteiger partial charge in [0.05, 0.1) is 25.5 Å². The fourth-order valence-corrected chi connectivity index (χ4v) is 4.38. The van der Waals surface area contributed by atoms with Gasteiger partial charge in [-0.05, 0) is 61.4 Å². The highest BCUT2D eigenvalue weighted by Gasteiger charge is 2.13. The number of unbranched alkanes of at least 4 members (excludes halogenated alkanes) is 12. The van der Waals surface area contributed by atoms with Crippen LogP contribution in [0.15, 0.2) is 47.6 Å². The Morgan fingerprint density at radius 3 is 1.95 bits per heavy atom. The number of esters is 1. The Balaban J connectivity index is 1.65. The lowest BCUT2D eigenvalue weighted by Crippen LogP contribution is -2.16. The van der Waals surface area contributed by atoms with Gasteiger partial charge in [0.1, 0.15) is 5.75 Å². The number of amides is 1. The molecule has 7 nitrogen and oxygen atoms in total. The summed E-state index contributed by atoms with van der Waals surface area (Å²) in [6.07, 6.45) is 18.6. The molecule has 40 heavy (non-hydrogen) atoms. The van der Waals surface area contributed by atoms with Gasteiger partial charge in [-0.3, -0.25) is 4.79 Å². The van der Waals surface area contributed by atoms with E-state index in [-0.39, 0.29) is 5.91 Å². The number of carbonyl (C=O) groups excluding carboxylic acids is 2. The highest BCUT2D eigenvalue weighted by atomic mass is 16.6. The van der Waals surface area contributed by atoms with E-state index in [0.717, 1.165) is 12.8 Å². The number of nitrogens with one attached hydrogen (secondary N) is 1. The van der Waals surface area contributed by atoms with Crippen LogP contribution in [0.25, 0.3) is 0 Å². The molecule has 0 saturated carbocycles. The van der Waals surface area contributed by atoms with Crippen molar-refractivity contribution >= 4 is 18.1 Å². The van der Waals surface area contributed by atoms with Gasteiger partial charge in [-0.2, -0.15) is 5.10 Å². The average molecular weight is 553 g/mol. The smallest absolute Gasteiger partial charge is 0.343 e. The number of hydrazone groups is 1. The van der Waals surface area contributed by atoms with E-state index in [1.54, 1.807) is 55.8 Å². The van der Waals surface area contributed by atoms with Gasteiger partial charge in [0.25, 0.3) is 0 Å². The minimum Gasteiger partial charge on any atom is -0.497 e. The molecule has 0 saturated heterocycles. The molecule has 0 spiro atoms. The maximum Gasteiger partial charge on any atom is 0.343 e. The Hall–Kier alpha value is -3.35. The first-order valence-electron chi connectivity index (χ1n) is 15.0. The van der Waals surface area contributed by atoms with Crippen LogP contribution in [0.3, 0.4) is 0 Å². The second kappa shape index (κ2) is 20.5. The number of methoxy groups -OCH3 is 1. The van der Waals surface area contributed by atoms with Gasteiger partial charge < -0.3 is 14.2 Å². The summed E-state index contributed by atoms with van der Waals surface area (Å²) in [5, 5.41) is 4.08. The molecular weight excluding hydrogens is 504 g/mol. The van der Waals surface area contributed by atoms with Crippen molar-refractivity contribution < 1.29 is 23.8 Å². The van der Waals surface area contributed by atoms with Gasteiger partial charge in [-0.25, -0.2) is 10.2 Å². The molecule has 0 heterocycles. The first-order valence-corrected chi connectivity index (χ1v) is 15.0. The summed E-state index contributed by atoms with van der Waals surface area (Å²) in [5.41, 5.74) is 3.72. The van der Waals surface area contributed by atoms with Crippen LogP contribution in [0.2, 0.25) is 0 Å². The lowest BCUT2D eigenvalue weighted by atomic mass is 10.0. The molecule has 0 aliphatic carbocycles. The Labute approximate surface area is 240 Å². The number of benzene rings is 2. The fourth-order valence-electron chi connectivity index (χ4n) is 4.38. The maximum atomic E-state index is 12.5. The van der Waals surface area contributed by atoms with E-state index >= 15 is 0 Å². The van der Waals surface area contributed by atoms with Gasteiger partial charge in [0.15, 0.2) is 11.5 Å². The maximum absolute atomic E-state index is 12.5. The van der Waals surface area contributed by atoms with Crippen LogP contribution in [-0.2, 0) is 4.79 Å². The predicted molar refractivity (Wildman–Crippen MR) is 162 cm³/mol. The summed E-state index contributed by atoms with van der Waals surface area (Å²) in [7, 11) is 1.57. The van der Waals surface area contributed by atoms with Crippen molar-refractivity contribution in [1.82, 2.24) is 5.43 Å². The minimum absolute atomic E-state index is 0.0885. The van der Waals surface area contributed by atoms with Crippen LogP contribution in [0.5, 0.6) is 17.2 Å².